The highest BCUT2D eigenvalue weighted by Gasteiger charge is 2.26. The van der Waals surface area contributed by atoms with Crippen LogP contribution in [0.3, 0.4) is 0 Å². The predicted octanol–water partition coefficient (Wildman–Crippen LogP) is 3.59. The molecule has 0 radical (unpaired) electrons. The van der Waals surface area contributed by atoms with Crippen LogP contribution in [-0.4, -0.2) is 27.9 Å². The van der Waals surface area contributed by atoms with E-state index >= 15 is 0 Å². The maximum atomic E-state index is 12.2. The minimum Gasteiger partial charge on any atom is -0.356 e. The first-order chi connectivity index (χ1) is 13.3. The molecule has 3 heterocycles. The molecule has 0 spiro atoms. The molecule has 3 aromatic rings. The molecule has 138 valence electrons. The first kappa shape index (κ1) is 16.5. The first-order valence-electron chi connectivity index (χ1n) is 9.95. The standard InChI is InChI=1S/C22H24N4O/c27-21-8-7-20(18-5-6-18)24-26(21)15-16-10-13-25(14-11-16)22-19-4-2-1-3-17(19)9-12-23-22/h1-4,7-9,12,16,18H,5-6,10-11,13-15H2. The minimum absolute atomic E-state index is 0.0255. The van der Waals surface area contributed by atoms with Crippen molar-refractivity contribution in [3.05, 3.63) is 64.7 Å². The van der Waals surface area contributed by atoms with E-state index in [1.165, 1.54) is 23.6 Å². The number of anilines is 1. The molecule has 1 aromatic carbocycles. The zero-order chi connectivity index (χ0) is 18.2. The third-order valence-electron chi connectivity index (χ3n) is 5.88. The number of rotatable bonds is 4. The van der Waals surface area contributed by atoms with Crippen LogP contribution in [0.25, 0.3) is 10.8 Å². The van der Waals surface area contributed by atoms with E-state index in [4.69, 9.17) is 0 Å². The van der Waals surface area contributed by atoms with Crippen molar-refractivity contribution in [3.63, 3.8) is 0 Å². The normalized spacial score (nSPS) is 18.1. The topological polar surface area (TPSA) is 51.0 Å². The number of piperidine rings is 1. The van der Waals surface area contributed by atoms with Crippen LogP contribution >= 0.6 is 0 Å². The van der Waals surface area contributed by atoms with Crippen LogP contribution < -0.4 is 10.5 Å². The Morgan fingerprint density at radius 3 is 2.59 bits per heavy atom. The molecule has 5 rings (SSSR count). The lowest BCUT2D eigenvalue weighted by atomic mass is 9.96. The Kier molecular flexibility index (Phi) is 4.15. The molecule has 0 N–H and O–H groups in total. The zero-order valence-corrected chi connectivity index (χ0v) is 15.4. The summed E-state index contributed by atoms with van der Waals surface area (Å²) in [6, 6.07) is 14.1. The number of aromatic nitrogens is 3. The van der Waals surface area contributed by atoms with Gasteiger partial charge in [0.15, 0.2) is 0 Å². The van der Waals surface area contributed by atoms with Crippen LogP contribution in [0.15, 0.2) is 53.5 Å². The lowest BCUT2D eigenvalue weighted by Gasteiger charge is -2.33. The van der Waals surface area contributed by atoms with Gasteiger partial charge < -0.3 is 4.90 Å². The Labute approximate surface area is 158 Å². The van der Waals surface area contributed by atoms with Crippen LogP contribution in [0.5, 0.6) is 0 Å². The van der Waals surface area contributed by atoms with Gasteiger partial charge in [0.05, 0.1) is 5.69 Å². The van der Waals surface area contributed by atoms with Crippen molar-refractivity contribution in [3.8, 4) is 0 Å². The highest BCUT2D eigenvalue weighted by molar-refractivity contribution is 5.92. The first-order valence-corrected chi connectivity index (χ1v) is 9.95. The second-order valence-corrected chi connectivity index (χ2v) is 7.84. The number of benzene rings is 1. The van der Waals surface area contributed by atoms with Gasteiger partial charge in [0.1, 0.15) is 5.82 Å². The molecule has 1 aliphatic carbocycles. The summed E-state index contributed by atoms with van der Waals surface area (Å²) < 4.78 is 1.70. The van der Waals surface area contributed by atoms with Gasteiger partial charge in [-0.1, -0.05) is 24.3 Å². The molecule has 2 aromatic heterocycles. The fourth-order valence-electron chi connectivity index (χ4n) is 4.12. The van der Waals surface area contributed by atoms with Crippen molar-refractivity contribution >= 4 is 16.6 Å². The largest absolute Gasteiger partial charge is 0.356 e. The van der Waals surface area contributed by atoms with Gasteiger partial charge in [-0.25, -0.2) is 9.67 Å². The summed E-state index contributed by atoms with van der Waals surface area (Å²) >= 11 is 0. The highest BCUT2D eigenvalue weighted by atomic mass is 16.1. The van der Waals surface area contributed by atoms with E-state index in [1.54, 1.807) is 10.7 Å². The van der Waals surface area contributed by atoms with Crippen molar-refractivity contribution in [1.29, 1.82) is 0 Å². The highest BCUT2D eigenvalue weighted by Crippen LogP contribution is 2.38. The lowest BCUT2D eigenvalue weighted by Crippen LogP contribution is -2.37. The van der Waals surface area contributed by atoms with Gasteiger partial charge in [-0.15, -0.1) is 0 Å². The van der Waals surface area contributed by atoms with E-state index < -0.39 is 0 Å². The smallest absolute Gasteiger partial charge is 0.266 e. The van der Waals surface area contributed by atoms with Gasteiger partial charge in [0.25, 0.3) is 5.56 Å². The summed E-state index contributed by atoms with van der Waals surface area (Å²) in [5.41, 5.74) is 1.12. The fraction of sp³-hybridized carbons (Fsp3) is 0.409. The molecule has 1 saturated heterocycles. The van der Waals surface area contributed by atoms with Crippen molar-refractivity contribution in [2.24, 2.45) is 5.92 Å². The van der Waals surface area contributed by atoms with Gasteiger partial charge in [0.2, 0.25) is 0 Å². The maximum absolute atomic E-state index is 12.2. The van der Waals surface area contributed by atoms with Crippen molar-refractivity contribution < 1.29 is 0 Å². The third kappa shape index (κ3) is 3.34. The molecular formula is C22H24N4O. The van der Waals surface area contributed by atoms with Gasteiger partial charge in [-0.3, -0.25) is 4.79 Å². The SMILES string of the molecule is O=c1ccc(C2CC2)nn1CC1CCN(c2nccc3ccccc23)CC1. The molecule has 2 aliphatic rings. The lowest BCUT2D eigenvalue weighted by molar-refractivity contribution is 0.333. The number of pyridine rings is 1. The van der Waals surface area contributed by atoms with E-state index in [0.29, 0.717) is 11.8 Å². The molecule has 0 atom stereocenters. The number of nitrogens with zero attached hydrogens (tertiary/aromatic N) is 4. The van der Waals surface area contributed by atoms with Crippen molar-refractivity contribution in [2.75, 3.05) is 18.0 Å². The summed E-state index contributed by atoms with van der Waals surface area (Å²) in [6.45, 7) is 2.68. The molecule has 5 nitrogen and oxygen atoms in total. The molecule has 27 heavy (non-hydrogen) atoms. The predicted molar refractivity (Wildman–Crippen MR) is 107 cm³/mol. The van der Waals surface area contributed by atoms with Gasteiger partial charge in [-0.05, 0) is 49.1 Å². The Hall–Kier alpha value is -2.69. The van der Waals surface area contributed by atoms with E-state index in [2.05, 4.69) is 45.3 Å². The van der Waals surface area contributed by atoms with Crippen LogP contribution in [-0.2, 0) is 6.54 Å². The van der Waals surface area contributed by atoms with Crippen LogP contribution in [0.2, 0.25) is 0 Å². The van der Waals surface area contributed by atoms with Gasteiger partial charge in [-0.2, -0.15) is 5.10 Å². The average Bonchev–Trinajstić information content (AvgIpc) is 3.55. The number of hydrogen-bond donors (Lipinski definition) is 0. The molecule has 2 fully saturated rings. The zero-order valence-electron chi connectivity index (χ0n) is 15.4. The van der Waals surface area contributed by atoms with E-state index in [1.807, 2.05) is 12.3 Å². The second kappa shape index (κ2) is 6.80. The summed E-state index contributed by atoms with van der Waals surface area (Å²) in [4.78, 5) is 19.2. The number of hydrogen-bond acceptors (Lipinski definition) is 4. The van der Waals surface area contributed by atoms with Crippen molar-refractivity contribution in [2.45, 2.75) is 38.1 Å². The van der Waals surface area contributed by atoms with E-state index in [9.17, 15) is 4.79 Å². The molecular weight excluding hydrogens is 336 g/mol. The molecule has 1 aliphatic heterocycles. The second-order valence-electron chi connectivity index (χ2n) is 7.84. The Balaban J connectivity index is 1.29. The quantitative estimate of drug-likeness (QED) is 0.713. The Morgan fingerprint density at radius 1 is 0.963 bits per heavy atom. The molecule has 0 unspecified atom stereocenters. The van der Waals surface area contributed by atoms with E-state index in [0.717, 1.165) is 44.0 Å². The maximum Gasteiger partial charge on any atom is 0.266 e. The average molecular weight is 360 g/mol. The summed E-state index contributed by atoms with van der Waals surface area (Å²) in [6.07, 6.45) is 6.44. The summed E-state index contributed by atoms with van der Waals surface area (Å²) in [7, 11) is 0. The minimum atomic E-state index is 0.0255. The fourth-order valence-corrected chi connectivity index (χ4v) is 4.12. The van der Waals surface area contributed by atoms with Crippen LogP contribution in [0.4, 0.5) is 5.82 Å². The van der Waals surface area contributed by atoms with Crippen LogP contribution in [0, 0.1) is 5.92 Å². The van der Waals surface area contributed by atoms with Crippen LogP contribution in [0.1, 0.15) is 37.3 Å². The molecule has 0 amide bonds. The monoisotopic (exact) mass is 360 g/mol. The number of fused-ring (bicyclic) bond motifs is 1. The Bertz CT molecular complexity index is 1010. The molecule has 1 saturated carbocycles. The summed E-state index contributed by atoms with van der Waals surface area (Å²) in [5.74, 6) is 2.16. The molecule has 0 bridgehead atoms. The summed E-state index contributed by atoms with van der Waals surface area (Å²) in [5, 5.41) is 7.07. The molecule has 5 heteroatoms. The van der Waals surface area contributed by atoms with Crippen molar-refractivity contribution in [1.82, 2.24) is 14.8 Å². The van der Waals surface area contributed by atoms with Gasteiger partial charge in [0, 0.05) is 43.2 Å². The van der Waals surface area contributed by atoms with Gasteiger partial charge >= 0.3 is 0 Å². The van der Waals surface area contributed by atoms with E-state index in [-0.39, 0.29) is 5.56 Å². The third-order valence-corrected chi connectivity index (χ3v) is 5.88. The Morgan fingerprint density at radius 2 is 1.78 bits per heavy atom.